The maximum atomic E-state index is 12.0. The number of para-hydroxylation sites is 1. The fourth-order valence-electron chi connectivity index (χ4n) is 3.12. The molecule has 2 unspecified atom stereocenters. The van der Waals surface area contributed by atoms with Crippen LogP contribution >= 0.6 is 11.8 Å². The van der Waals surface area contributed by atoms with Gasteiger partial charge in [-0.15, -0.1) is 0 Å². The topological polar surface area (TPSA) is 35.5 Å². The molecule has 2 aliphatic rings. The van der Waals surface area contributed by atoms with E-state index >= 15 is 0 Å². The Labute approximate surface area is 130 Å². The molecule has 0 bridgehead atoms. The highest BCUT2D eigenvalue weighted by atomic mass is 32.2. The Kier molecular flexibility index (Phi) is 4.55. The Bertz CT molecular complexity index is 509. The van der Waals surface area contributed by atoms with E-state index < -0.39 is 0 Å². The van der Waals surface area contributed by atoms with Gasteiger partial charge in [-0.05, 0) is 24.3 Å². The third-order valence-corrected chi connectivity index (χ3v) is 5.54. The molecule has 1 aromatic carbocycles. The standard InChI is InChI=1S/C17H22O3S/c1-2-15(18)14-5-3-4-6-16(14)20-13-7-9-19-17(11-13)8-10-21-12-17/h3-6,13H,2,7-12H2,1H3. The molecule has 2 saturated heterocycles. The van der Waals surface area contributed by atoms with E-state index in [-0.39, 0.29) is 17.5 Å². The maximum absolute atomic E-state index is 12.0. The van der Waals surface area contributed by atoms with E-state index in [4.69, 9.17) is 9.47 Å². The first-order valence-electron chi connectivity index (χ1n) is 7.73. The normalized spacial score (nSPS) is 28.7. The third-order valence-electron chi connectivity index (χ3n) is 4.32. The number of carbonyl (C=O) groups excluding carboxylic acids is 1. The molecule has 3 nitrogen and oxygen atoms in total. The van der Waals surface area contributed by atoms with E-state index in [9.17, 15) is 4.79 Å². The highest BCUT2D eigenvalue weighted by Crippen LogP contribution is 2.39. The second kappa shape index (κ2) is 6.41. The lowest BCUT2D eigenvalue weighted by atomic mass is 9.91. The number of hydrogen-bond acceptors (Lipinski definition) is 4. The summed E-state index contributed by atoms with van der Waals surface area (Å²) < 4.78 is 12.2. The van der Waals surface area contributed by atoms with Crippen LogP contribution in [0.5, 0.6) is 5.75 Å². The first-order valence-corrected chi connectivity index (χ1v) is 8.88. The molecular formula is C17H22O3S. The van der Waals surface area contributed by atoms with Gasteiger partial charge in [-0.2, -0.15) is 11.8 Å². The summed E-state index contributed by atoms with van der Waals surface area (Å²) in [6, 6.07) is 7.60. The lowest BCUT2D eigenvalue weighted by Gasteiger charge is -2.37. The molecule has 0 aliphatic carbocycles. The molecule has 0 N–H and O–H groups in total. The van der Waals surface area contributed by atoms with Crippen LogP contribution in [0.2, 0.25) is 0 Å². The Morgan fingerprint density at radius 3 is 3.10 bits per heavy atom. The minimum Gasteiger partial charge on any atom is -0.489 e. The van der Waals surface area contributed by atoms with E-state index in [1.54, 1.807) is 0 Å². The zero-order chi connectivity index (χ0) is 14.7. The van der Waals surface area contributed by atoms with Crippen molar-refractivity contribution in [1.82, 2.24) is 0 Å². The van der Waals surface area contributed by atoms with Crippen LogP contribution < -0.4 is 4.74 Å². The third kappa shape index (κ3) is 3.27. The second-order valence-corrected chi connectivity index (χ2v) is 6.94. The highest BCUT2D eigenvalue weighted by Gasteiger charge is 2.41. The number of carbonyl (C=O) groups is 1. The smallest absolute Gasteiger partial charge is 0.166 e. The van der Waals surface area contributed by atoms with Crippen LogP contribution in [0.3, 0.4) is 0 Å². The van der Waals surface area contributed by atoms with Gasteiger partial charge in [0.25, 0.3) is 0 Å². The lowest BCUT2D eigenvalue weighted by Crippen LogP contribution is -2.44. The molecule has 1 spiro atoms. The summed E-state index contributed by atoms with van der Waals surface area (Å²) in [7, 11) is 0. The number of Topliss-reactive ketones (excluding diaryl/α,β-unsaturated/α-hetero) is 1. The molecule has 2 fully saturated rings. The molecule has 21 heavy (non-hydrogen) atoms. The van der Waals surface area contributed by atoms with Crippen molar-refractivity contribution in [2.24, 2.45) is 0 Å². The minimum absolute atomic E-state index is 0.0112. The van der Waals surface area contributed by atoms with Crippen LogP contribution in [0.15, 0.2) is 24.3 Å². The predicted octanol–water partition coefficient (Wildman–Crippen LogP) is 3.71. The van der Waals surface area contributed by atoms with Crippen LogP contribution in [0.1, 0.15) is 43.0 Å². The van der Waals surface area contributed by atoms with Crippen LogP contribution in [0.4, 0.5) is 0 Å². The van der Waals surface area contributed by atoms with Crippen molar-refractivity contribution in [3.8, 4) is 5.75 Å². The molecule has 0 saturated carbocycles. The van der Waals surface area contributed by atoms with Crippen molar-refractivity contribution in [1.29, 1.82) is 0 Å². The lowest BCUT2D eigenvalue weighted by molar-refractivity contribution is -0.0959. The van der Waals surface area contributed by atoms with Gasteiger partial charge in [-0.1, -0.05) is 19.1 Å². The molecule has 4 heteroatoms. The molecule has 2 aliphatic heterocycles. The van der Waals surface area contributed by atoms with Crippen molar-refractivity contribution >= 4 is 17.5 Å². The van der Waals surface area contributed by atoms with Gasteiger partial charge >= 0.3 is 0 Å². The van der Waals surface area contributed by atoms with Crippen molar-refractivity contribution in [3.05, 3.63) is 29.8 Å². The number of thioether (sulfide) groups is 1. The van der Waals surface area contributed by atoms with E-state index in [1.807, 2.05) is 43.0 Å². The van der Waals surface area contributed by atoms with E-state index in [0.29, 0.717) is 12.0 Å². The molecule has 0 radical (unpaired) electrons. The van der Waals surface area contributed by atoms with Crippen molar-refractivity contribution in [2.45, 2.75) is 44.3 Å². The van der Waals surface area contributed by atoms with Gasteiger partial charge in [0, 0.05) is 25.0 Å². The summed E-state index contributed by atoms with van der Waals surface area (Å²) in [5.74, 6) is 3.13. The molecule has 1 aromatic rings. The summed E-state index contributed by atoms with van der Waals surface area (Å²) in [5, 5.41) is 0. The quantitative estimate of drug-likeness (QED) is 0.794. The van der Waals surface area contributed by atoms with E-state index in [1.165, 1.54) is 5.75 Å². The van der Waals surface area contributed by atoms with Crippen LogP contribution in [0, 0.1) is 0 Å². The van der Waals surface area contributed by atoms with Crippen molar-refractivity contribution in [3.63, 3.8) is 0 Å². The molecular weight excluding hydrogens is 284 g/mol. The van der Waals surface area contributed by atoms with Gasteiger partial charge in [0.1, 0.15) is 11.9 Å². The number of hydrogen-bond donors (Lipinski definition) is 0. The van der Waals surface area contributed by atoms with Gasteiger partial charge < -0.3 is 9.47 Å². The summed E-state index contributed by atoms with van der Waals surface area (Å²) in [5.41, 5.74) is 0.721. The van der Waals surface area contributed by atoms with Crippen LogP contribution in [0.25, 0.3) is 0 Å². The van der Waals surface area contributed by atoms with E-state index in [2.05, 4.69) is 0 Å². The zero-order valence-electron chi connectivity index (χ0n) is 12.5. The molecule has 2 atom stereocenters. The average Bonchev–Trinajstić information content (AvgIpc) is 2.95. The summed E-state index contributed by atoms with van der Waals surface area (Å²) in [6.07, 6.45) is 3.63. The van der Waals surface area contributed by atoms with Crippen LogP contribution in [-0.4, -0.2) is 35.6 Å². The zero-order valence-corrected chi connectivity index (χ0v) is 13.3. The largest absolute Gasteiger partial charge is 0.489 e. The first kappa shape index (κ1) is 14.9. The van der Waals surface area contributed by atoms with Crippen LogP contribution in [-0.2, 0) is 4.74 Å². The van der Waals surface area contributed by atoms with E-state index in [0.717, 1.165) is 37.4 Å². The summed E-state index contributed by atoms with van der Waals surface area (Å²) in [6.45, 7) is 2.65. The van der Waals surface area contributed by atoms with Gasteiger partial charge in [0.05, 0.1) is 17.8 Å². The molecule has 114 valence electrons. The van der Waals surface area contributed by atoms with Gasteiger partial charge in [0.2, 0.25) is 0 Å². The fraction of sp³-hybridized carbons (Fsp3) is 0.588. The Balaban J connectivity index is 1.73. The number of rotatable bonds is 4. The van der Waals surface area contributed by atoms with Crippen molar-refractivity contribution < 1.29 is 14.3 Å². The molecule has 3 rings (SSSR count). The minimum atomic E-state index is 0.0112. The predicted molar refractivity (Wildman–Crippen MR) is 85.3 cm³/mol. The average molecular weight is 306 g/mol. The number of ketones is 1. The molecule has 2 heterocycles. The van der Waals surface area contributed by atoms with Crippen molar-refractivity contribution in [2.75, 3.05) is 18.1 Å². The van der Waals surface area contributed by atoms with Gasteiger partial charge in [-0.3, -0.25) is 4.79 Å². The Hall–Kier alpha value is -1.00. The Morgan fingerprint density at radius 2 is 2.33 bits per heavy atom. The SMILES string of the molecule is CCC(=O)c1ccccc1OC1CCOC2(CCSC2)C1. The van der Waals surface area contributed by atoms with Gasteiger partial charge in [-0.25, -0.2) is 0 Å². The maximum Gasteiger partial charge on any atom is 0.166 e. The molecule has 0 aromatic heterocycles. The second-order valence-electron chi connectivity index (χ2n) is 5.84. The monoisotopic (exact) mass is 306 g/mol. The number of ether oxygens (including phenoxy) is 2. The fourth-order valence-corrected chi connectivity index (χ4v) is 4.49. The highest BCUT2D eigenvalue weighted by molar-refractivity contribution is 7.99. The Morgan fingerprint density at radius 1 is 1.48 bits per heavy atom. The molecule has 0 amide bonds. The van der Waals surface area contributed by atoms with Gasteiger partial charge in [0.15, 0.2) is 5.78 Å². The number of benzene rings is 1. The summed E-state index contributed by atoms with van der Waals surface area (Å²) >= 11 is 1.96. The first-order chi connectivity index (χ1) is 10.2. The summed E-state index contributed by atoms with van der Waals surface area (Å²) in [4.78, 5) is 12.0.